The van der Waals surface area contributed by atoms with Crippen molar-refractivity contribution in [1.29, 1.82) is 0 Å². The van der Waals surface area contributed by atoms with Crippen molar-refractivity contribution in [2.45, 2.75) is 5.92 Å². The van der Waals surface area contributed by atoms with Crippen LogP contribution < -0.4 is 5.32 Å². The number of nitrogens with one attached hydrogen (secondary N) is 2. The van der Waals surface area contributed by atoms with E-state index < -0.39 is 0 Å². The van der Waals surface area contributed by atoms with Crippen molar-refractivity contribution < 1.29 is 9.90 Å². The van der Waals surface area contributed by atoms with Crippen molar-refractivity contribution in [3.8, 4) is 0 Å². The van der Waals surface area contributed by atoms with Crippen molar-refractivity contribution >= 4 is 18.1 Å². The smallest absolute Gasteiger partial charge is 0.254 e. The molecule has 0 radical (unpaired) electrons. The zero-order valence-corrected chi connectivity index (χ0v) is 11.7. The average molecular weight is 288 g/mol. The van der Waals surface area contributed by atoms with E-state index in [4.69, 9.17) is 12.2 Å². The van der Waals surface area contributed by atoms with Gasteiger partial charge in [-0.05, 0) is 17.7 Å². The summed E-state index contributed by atoms with van der Waals surface area (Å²) in [6.07, 6.45) is 1.68. The molecule has 1 heterocycles. The fourth-order valence-corrected chi connectivity index (χ4v) is 2.15. The van der Waals surface area contributed by atoms with Crippen LogP contribution in [-0.2, 0) is 0 Å². The molecule has 1 amide bonds. The standard InChI is InChI=1S/C15H16N2O2S/c18-10-12(11-5-2-1-3-6-11)9-17-14(19)13-7-4-8-16-15(13)20/h1-8,12,18H,9-10H2,(H,16,20)(H,17,19)/t12-/m1/s1. The van der Waals surface area contributed by atoms with E-state index in [-0.39, 0.29) is 18.4 Å². The van der Waals surface area contributed by atoms with Gasteiger partial charge in [0.25, 0.3) is 5.91 Å². The van der Waals surface area contributed by atoms with Crippen LogP contribution in [0.15, 0.2) is 48.7 Å². The largest absolute Gasteiger partial charge is 0.396 e. The van der Waals surface area contributed by atoms with Gasteiger partial charge in [-0.3, -0.25) is 4.79 Å². The van der Waals surface area contributed by atoms with Gasteiger partial charge in [0.05, 0.1) is 12.2 Å². The monoisotopic (exact) mass is 288 g/mol. The number of aliphatic hydroxyl groups excluding tert-OH is 1. The van der Waals surface area contributed by atoms with E-state index in [1.807, 2.05) is 30.3 Å². The summed E-state index contributed by atoms with van der Waals surface area (Å²) in [6.45, 7) is 0.342. The molecule has 0 aliphatic rings. The third-order valence-corrected chi connectivity index (χ3v) is 3.40. The lowest BCUT2D eigenvalue weighted by molar-refractivity contribution is 0.0947. The van der Waals surface area contributed by atoms with Gasteiger partial charge in [-0.2, -0.15) is 0 Å². The number of aromatic nitrogens is 1. The zero-order chi connectivity index (χ0) is 14.4. The van der Waals surface area contributed by atoms with E-state index in [9.17, 15) is 9.90 Å². The molecule has 2 aromatic rings. The number of aromatic amines is 1. The molecule has 0 unspecified atom stereocenters. The minimum Gasteiger partial charge on any atom is -0.396 e. The van der Waals surface area contributed by atoms with Crippen LogP contribution in [0, 0.1) is 4.64 Å². The molecular formula is C15H16N2O2S. The van der Waals surface area contributed by atoms with E-state index in [2.05, 4.69) is 10.3 Å². The highest BCUT2D eigenvalue weighted by Crippen LogP contribution is 2.13. The van der Waals surface area contributed by atoms with Gasteiger partial charge in [-0.15, -0.1) is 0 Å². The number of aliphatic hydroxyl groups is 1. The molecule has 0 aliphatic heterocycles. The molecule has 104 valence electrons. The molecule has 1 aromatic heterocycles. The number of pyridine rings is 1. The van der Waals surface area contributed by atoms with Crippen LogP contribution in [-0.4, -0.2) is 29.1 Å². The van der Waals surface area contributed by atoms with E-state index in [1.54, 1.807) is 18.3 Å². The zero-order valence-electron chi connectivity index (χ0n) is 10.9. The third-order valence-electron chi connectivity index (χ3n) is 3.06. The summed E-state index contributed by atoms with van der Waals surface area (Å²) in [7, 11) is 0. The van der Waals surface area contributed by atoms with Crippen LogP contribution in [0.2, 0.25) is 0 Å². The second-order valence-corrected chi connectivity index (χ2v) is 4.82. The highest BCUT2D eigenvalue weighted by Gasteiger charge is 2.13. The minimum absolute atomic E-state index is 0.0219. The van der Waals surface area contributed by atoms with E-state index in [1.165, 1.54) is 0 Å². The maximum Gasteiger partial charge on any atom is 0.254 e. The van der Waals surface area contributed by atoms with Gasteiger partial charge in [0.1, 0.15) is 4.64 Å². The van der Waals surface area contributed by atoms with Crippen molar-refractivity contribution in [2.75, 3.05) is 13.2 Å². The molecule has 0 saturated carbocycles. The van der Waals surface area contributed by atoms with Crippen LogP contribution in [0.25, 0.3) is 0 Å². The van der Waals surface area contributed by atoms with E-state index >= 15 is 0 Å². The first-order chi connectivity index (χ1) is 9.72. The Morgan fingerprint density at radius 3 is 2.65 bits per heavy atom. The normalized spacial score (nSPS) is 11.8. The average Bonchev–Trinajstić information content (AvgIpc) is 2.49. The van der Waals surface area contributed by atoms with Gasteiger partial charge in [0.15, 0.2) is 0 Å². The summed E-state index contributed by atoms with van der Waals surface area (Å²) in [5.41, 5.74) is 1.43. The lowest BCUT2D eigenvalue weighted by atomic mass is 10.00. The van der Waals surface area contributed by atoms with Gasteiger partial charge in [-0.25, -0.2) is 0 Å². The number of rotatable bonds is 5. The molecule has 1 atom stereocenters. The third kappa shape index (κ3) is 3.53. The second kappa shape index (κ2) is 6.98. The molecule has 1 aromatic carbocycles. The molecule has 0 fully saturated rings. The van der Waals surface area contributed by atoms with Crippen LogP contribution in [0.3, 0.4) is 0 Å². The molecule has 2 rings (SSSR count). The summed E-state index contributed by atoms with van der Waals surface area (Å²) >= 11 is 5.06. The fourth-order valence-electron chi connectivity index (χ4n) is 1.92. The molecule has 0 spiro atoms. The molecule has 20 heavy (non-hydrogen) atoms. The van der Waals surface area contributed by atoms with Crippen LogP contribution in [0.4, 0.5) is 0 Å². The quantitative estimate of drug-likeness (QED) is 0.739. The van der Waals surface area contributed by atoms with Gasteiger partial charge in [0, 0.05) is 18.7 Å². The Balaban J connectivity index is 2.03. The number of hydrogen-bond donors (Lipinski definition) is 3. The summed E-state index contributed by atoms with van der Waals surface area (Å²) < 4.78 is 0.408. The Morgan fingerprint density at radius 2 is 2.00 bits per heavy atom. The van der Waals surface area contributed by atoms with Crippen molar-refractivity contribution in [2.24, 2.45) is 0 Å². The minimum atomic E-state index is -0.235. The second-order valence-electron chi connectivity index (χ2n) is 4.41. The molecule has 0 bridgehead atoms. The Kier molecular flexibility index (Phi) is 5.03. The predicted octanol–water partition coefficient (Wildman–Crippen LogP) is 2.25. The predicted molar refractivity (Wildman–Crippen MR) is 80.2 cm³/mol. The van der Waals surface area contributed by atoms with Crippen molar-refractivity contribution in [1.82, 2.24) is 10.3 Å². The van der Waals surface area contributed by atoms with Crippen LogP contribution >= 0.6 is 12.2 Å². The lowest BCUT2D eigenvalue weighted by Gasteiger charge is -2.15. The Labute approximate surface area is 122 Å². The van der Waals surface area contributed by atoms with Crippen molar-refractivity contribution in [3.05, 3.63) is 64.4 Å². The van der Waals surface area contributed by atoms with Crippen LogP contribution in [0.5, 0.6) is 0 Å². The summed E-state index contributed by atoms with van der Waals surface area (Å²) in [6, 6.07) is 13.0. The molecule has 5 heteroatoms. The van der Waals surface area contributed by atoms with Gasteiger partial charge >= 0.3 is 0 Å². The summed E-state index contributed by atoms with van der Waals surface area (Å²) in [4.78, 5) is 14.9. The lowest BCUT2D eigenvalue weighted by Crippen LogP contribution is -2.30. The van der Waals surface area contributed by atoms with E-state index in [0.29, 0.717) is 16.7 Å². The molecule has 4 nitrogen and oxygen atoms in total. The number of H-pyrrole nitrogens is 1. The first-order valence-electron chi connectivity index (χ1n) is 6.34. The maximum atomic E-state index is 12.0. The molecule has 3 N–H and O–H groups in total. The highest BCUT2D eigenvalue weighted by molar-refractivity contribution is 7.71. The van der Waals surface area contributed by atoms with Crippen molar-refractivity contribution in [3.63, 3.8) is 0 Å². The summed E-state index contributed by atoms with van der Waals surface area (Å²) in [5, 5.41) is 12.2. The molecular weight excluding hydrogens is 272 g/mol. The molecule has 0 saturated heterocycles. The fraction of sp³-hybridized carbons (Fsp3) is 0.200. The number of amides is 1. The Morgan fingerprint density at radius 1 is 1.25 bits per heavy atom. The van der Waals surface area contributed by atoms with Gasteiger partial charge in [0.2, 0.25) is 0 Å². The number of carbonyl (C=O) groups is 1. The number of benzene rings is 1. The summed E-state index contributed by atoms with van der Waals surface area (Å²) in [5.74, 6) is -0.359. The SMILES string of the molecule is O=C(NC[C@H](CO)c1ccccc1)c1ccc[nH]c1=S. The van der Waals surface area contributed by atoms with Gasteiger partial charge in [-0.1, -0.05) is 42.5 Å². The topological polar surface area (TPSA) is 65.1 Å². The van der Waals surface area contributed by atoms with Gasteiger partial charge < -0.3 is 15.4 Å². The Bertz CT molecular complexity index is 625. The highest BCUT2D eigenvalue weighted by atomic mass is 32.1. The first kappa shape index (κ1) is 14.4. The van der Waals surface area contributed by atoms with E-state index in [0.717, 1.165) is 5.56 Å². The first-order valence-corrected chi connectivity index (χ1v) is 6.75. The number of hydrogen-bond acceptors (Lipinski definition) is 3. The maximum absolute atomic E-state index is 12.0. The van der Waals surface area contributed by atoms with Crippen LogP contribution in [0.1, 0.15) is 21.8 Å². The number of carbonyl (C=O) groups excluding carboxylic acids is 1. The Hall–Kier alpha value is -1.98. The molecule has 0 aliphatic carbocycles.